The van der Waals surface area contributed by atoms with Gasteiger partial charge in [0.05, 0.1) is 18.2 Å². The van der Waals surface area contributed by atoms with Crippen LogP contribution in [0.25, 0.3) is 0 Å². The summed E-state index contributed by atoms with van der Waals surface area (Å²) in [6.45, 7) is 1.30. The zero-order valence-electron chi connectivity index (χ0n) is 24.3. The number of benzene rings is 2. The first-order valence-electron chi connectivity index (χ1n) is 14.4. The molecule has 44 heavy (non-hydrogen) atoms. The number of sulfonamides is 1. The van der Waals surface area contributed by atoms with Gasteiger partial charge in [0.1, 0.15) is 12.6 Å². The number of aromatic nitrogens is 1. The summed E-state index contributed by atoms with van der Waals surface area (Å²) >= 11 is 13.0. The van der Waals surface area contributed by atoms with Crippen molar-refractivity contribution in [2.75, 3.05) is 6.26 Å². The van der Waals surface area contributed by atoms with Crippen molar-refractivity contribution in [2.24, 2.45) is 0 Å². The predicted molar refractivity (Wildman–Crippen MR) is 165 cm³/mol. The lowest BCUT2D eigenvalue weighted by molar-refractivity contribution is -0.916. The summed E-state index contributed by atoms with van der Waals surface area (Å²) in [5.41, 5.74) is 1.92. The van der Waals surface area contributed by atoms with Crippen molar-refractivity contribution in [3.05, 3.63) is 98.8 Å². The van der Waals surface area contributed by atoms with Gasteiger partial charge < -0.3 is 15.3 Å². The van der Waals surface area contributed by atoms with E-state index in [4.69, 9.17) is 23.2 Å². The molecule has 1 saturated carbocycles. The van der Waals surface area contributed by atoms with Crippen molar-refractivity contribution in [2.45, 2.75) is 69.3 Å². The molecule has 0 spiro atoms. The number of hydrogen-bond donors (Lipinski definition) is 4. The number of carbonyl (C=O) groups excluding carboxylic acids is 2. The first kappa shape index (κ1) is 32.2. The van der Waals surface area contributed by atoms with Crippen LogP contribution in [-0.2, 0) is 21.4 Å². The molecule has 1 aliphatic carbocycles. The van der Waals surface area contributed by atoms with Crippen LogP contribution in [0.4, 0.5) is 0 Å². The third-order valence-electron chi connectivity index (χ3n) is 8.43. The quantitative estimate of drug-likeness (QED) is 0.212. The number of pyridine rings is 1. The molecule has 10 nitrogen and oxygen atoms in total. The van der Waals surface area contributed by atoms with E-state index in [0.717, 1.165) is 23.8 Å². The standard InChI is InChI=1S/C31H34Cl2N4O6S/c1-18(26-13-7-8-20(17-38)37(26)41)34-30(39)28-21-9-3-4-10-22(21)31(40)36(29(28)23-15-14-19(32)16-24(23)33)27-12-6-5-11-25(27)35-44(2,42)43/h3-4,7-10,13-16,18,25,27-29,35,38H,5-6,11-12,17H2,1-2H3,(H-,34,39,41)/p+1/t18?,25-,27-,28+,29-/m0/s1. The van der Waals surface area contributed by atoms with Gasteiger partial charge in [-0.05, 0) is 55.2 Å². The smallest absolute Gasteiger partial charge is 0.259 e. The molecule has 13 heteroatoms. The van der Waals surface area contributed by atoms with Crippen LogP contribution in [0.3, 0.4) is 0 Å². The van der Waals surface area contributed by atoms with Crippen LogP contribution in [0.5, 0.6) is 0 Å². The molecule has 0 bridgehead atoms. The fraction of sp³-hybridized carbons (Fsp3) is 0.387. The second-order valence-electron chi connectivity index (χ2n) is 11.4. The van der Waals surface area contributed by atoms with E-state index in [0.29, 0.717) is 40.2 Å². The Labute approximate surface area is 266 Å². The number of carbonyl (C=O) groups is 2. The van der Waals surface area contributed by atoms with Gasteiger partial charge in [0.2, 0.25) is 15.9 Å². The van der Waals surface area contributed by atoms with E-state index in [-0.39, 0.29) is 16.6 Å². The van der Waals surface area contributed by atoms with Crippen molar-refractivity contribution in [1.29, 1.82) is 0 Å². The van der Waals surface area contributed by atoms with Crippen LogP contribution < -0.4 is 14.8 Å². The van der Waals surface area contributed by atoms with E-state index in [1.807, 2.05) is 0 Å². The second-order valence-corrected chi connectivity index (χ2v) is 14.0. The highest BCUT2D eigenvalue weighted by Gasteiger charge is 2.49. The zero-order chi connectivity index (χ0) is 31.8. The third kappa shape index (κ3) is 6.43. The lowest BCUT2D eigenvalue weighted by Gasteiger charge is -2.49. The number of halogens is 2. The molecule has 1 aliphatic heterocycles. The molecule has 1 fully saturated rings. The van der Waals surface area contributed by atoms with Crippen LogP contribution in [0.15, 0.2) is 60.7 Å². The van der Waals surface area contributed by atoms with Gasteiger partial charge >= 0.3 is 0 Å². The minimum atomic E-state index is -3.61. The predicted octanol–water partition coefficient (Wildman–Crippen LogP) is 4.03. The summed E-state index contributed by atoms with van der Waals surface area (Å²) in [5.74, 6) is -1.72. The molecular formula is C31H35Cl2N4O6S+. The van der Waals surface area contributed by atoms with Crippen LogP contribution in [-0.4, -0.2) is 53.8 Å². The molecular weight excluding hydrogens is 627 g/mol. The molecule has 5 atom stereocenters. The van der Waals surface area contributed by atoms with E-state index in [9.17, 15) is 28.3 Å². The van der Waals surface area contributed by atoms with Gasteiger partial charge in [0.25, 0.3) is 17.3 Å². The first-order valence-corrected chi connectivity index (χ1v) is 17.0. The van der Waals surface area contributed by atoms with Crippen molar-refractivity contribution in [3.63, 3.8) is 0 Å². The van der Waals surface area contributed by atoms with E-state index >= 15 is 0 Å². The average molecular weight is 663 g/mol. The molecule has 1 unspecified atom stereocenters. The molecule has 0 radical (unpaired) electrons. The molecule has 234 valence electrons. The molecule has 4 N–H and O–H groups in total. The average Bonchev–Trinajstić information content (AvgIpc) is 2.97. The number of hydrogen-bond acceptors (Lipinski definition) is 6. The molecule has 3 aromatic rings. The Morgan fingerprint density at radius 1 is 1.07 bits per heavy atom. The maximum atomic E-state index is 14.4. The fourth-order valence-corrected chi connectivity index (χ4v) is 7.86. The highest BCUT2D eigenvalue weighted by Crippen LogP contribution is 2.48. The summed E-state index contributed by atoms with van der Waals surface area (Å²) in [5, 5.41) is 23.9. The maximum absolute atomic E-state index is 14.4. The summed E-state index contributed by atoms with van der Waals surface area (Å²) in [4.78, 5) is 30.5. The molecule has 2 heterocycles. The normalized spacial score (nSPS) is 22.8. The van der Waals surface area contributed by atoms with Crippen molar-refractivity contribution >= 4 is 45.0 Å². The fourth-order valence-electron chi connectivity index (χ4n) is 6.52. The number of aliphatic hydroxyl groups excluding tert-OH is 1. The van der Waals surface area contributed by atoms with Gasteiger partial charge in [-0.25, -0.2) is 13.1 Å². The van der Waals surface area contributed by atoms with Crippen LogP contribution in [0.1, 0.15) is 83.5 Å². The molecule has 2 amide bonds. The molecule has 2 aromatic carbocycles. The lowest BCUT2D eigenvalue weighted by atomic mass is 9.76. The minimum absolute atomic E-state index is 0.246. The lowest BCUT2D eigenvalue weighted by Crippen LogP contribution is -2.59. The maximum Gasteiger partial charge on any atom is 0.259 e. The number of nitrogens with zero attached hydrogens (tertiary/aromatic N) is 2. The largest absolute Gasteiger partial charge is 0.385 e. The Morgan fingerprint density at radius 2 is 1.80 bits per heavy atom. The second kappa shape index (κ2) is 13.0. The van der Waals surface area contributed by atoms with Crippen LogP contribution >= 0.6 is 23.2 Å². The zero-order valence-corrected chi connectivity index (χ0v) is 26.6. The number of amides is 2. The first-order chi connectivity index (χ1) is 20.9. The molecule has 1 aromatic heterocycles. The van der Waals surface area contributed by atoms with E-state index in [2.05, 4.69) is 10.0 Å². The molecule has 2 aliphatic rings. The monoisotopic (exact) mass is 661 g/mol. The van der Waals surface area contributed by atoms with Crippen molar-refractivity contribution < 1.29 is 33.1 Å². The van der Waals surface area contributed by atoms with Gasteiger partial charge in [-0.15, -0.1) is 0 Å². The summed E-state index contributed by atoms with van der Waals surface area (Å²) in [6, 6.07) is 13.9. The minimum Gasteiger partial charge on any atom is -0.385 e. The van der Waals surface area contributed by atoms with Gasteiger partial charge in [-0.2, -0.15) is 0 Å². The summed E-state index contributed by atoms with van der Waals surface area (Å²) in [6.07, 6.45) is 3.69. The summed E-state index contributed by atoms with van der Waals surface area (Å²) in [7, 11) is -3.61. The Kier molecular flexibility index (Phi) is 9.52. The van der Waals surface area contributed by atoms with Gasteiger partial charge in [-0.1, -0.05) is 60.3 Å². The van der Waals surface area contributed by atoms with E-state index < -0.39 is 52.6 Å². The Morgan fingerprint density at radius 3 is 2.50 bits per heavy atom. The Bertz CT molecular complexity index is 1690. The highest BCUT2D eigenvalue weighted by atomic mass is 35.5. The van der Waals surface area contributed by atoms with Gasteiger partial charge in [0.15, 0.2) is 0 Å². The Balaban J connectivity index is 1.66. The highest BCUT2D eigenvalue weighted by molar-refractivity contribution is 7.88. The number of aliphatic hydroxyl groups is 1. The third-order valence-corrected chi connectivity index (χ3v) is 9.72. The van der Waals surface area contributed by atoms with Crippen LogP contribution in [0.2, 0.25) is 10.0 Å². The van der Waals surface area contributed by atoms with E-state index in [1.54, 1.807) is 72.5 Å². The topological polar surface area (TPSA) is 140 Å². The van der Waals surface area contributed by atoms with Crippen molar-refractivity contribution in [1.82, 2.24) is 14.9 Å². The Hall–Kier alpha value is -3.22. The molecule has 5 rings (SSSR count). The van der Waals surface area contributed by atoms with Gasteiger partial charge in [0, 0.05) is 44.6 Å². The van der Waals surface area contributed by atoms with Crippen LogP contribution in [0, 0.1) is 0 Å². The number of rotatable bonds is 8. The van der Waals surface area contributed by atoms with Gasteiger partial charge in [-0.3, -0.25) is 14.8 Å². The van der Waals surface area contributed by atoms with Crippen molar-refractivity contribution in [3.8, 4) is 0 Å². The molecule has 0 saturated heterocycles. The number of fused-ring (bicyclic) bond motifs is 1. The SMILES string of the molecule is CC(NC(=O)[C@@H]1c2ccccc2C(=O)N([C@H]2CCCC[C@@H]2NS(C)(=O)=O)[C@H]1c1ccc(Cl)cc1Cl)c1cccc(CO)[n+]1O. The van der Waals surface area contributed by atoms with E-state index in [1.165, 1.54) is 0 Å². The number of nitrogens with one attached hydrogen (secondary N) is 2. The summed E-state index contributed by atoms with van der Waals surface area (Å²) < 4.78 is 28.4.